The molecule has 3 heterocycles. The number of hydrogen-bond acceptors (Lipinski definition) is 5. The molecular weight excluding hydrogens is 358 g/mol. The van der Waals surface area contributed by atoms with Gasteiger partial charge in [0.05, 0.1) is 29.6 Å². The van der Waals surface area contributed by atoms with E-state index in [9.17, 15) is 14.7 Å². The molecule has 8 heteroatoms. The van der Waals surface area contributed by atoms with Crippen LogP contribution in [0.15, 0.2) is 47.8 Å². The molecule has 3 aromatic rings. The van der Waals surface area contributed by atoms with Crippen LogP contribution >= 0.6 is 0 Å². The van der Waals surface area contributed by atoms with E-state index in [0.29, 0.717) is 37.9 Å². The molecule has 1 amide bonds. The van der Waals surface area contributed by atoms with Crippen LogP contribution in [-0.4, -0.2) is 53.9 Å². The summed E-state index contributed by atoms with van der Waals surface area (Å²) in [5.41, 5.74) is -0.397. The van der Waals surface area contributed by atoms with E-state index in [1.54, 1.807) is 29.6 Å². The lowest BCUT2D eigenvalue weighted by Crippen LogP contribution is -2.49. The van der Waals surface area contributed by atoms with E-state index < -0.39 is 5.60 Å². The molecule has 4 rings (SSSR count). The predicted octanol–water partition coefficient (Wildman–Crippen LogP) is 0.955. The van der Waals surface area contributed by atoms with Crippen LogP contribution in [0.1, 0.15) is 18.5 Å². The van der Waals surface area contributed by atoms with Gasteiger partial charge in [0.1, 0.15) is 6.54 Å². The molecule has 1 aliphatic rings. The topological polar surface area (TPSA) is 93.2 Å². The molecule has 1 saturated heterocycles. The maximum atomic E-state index is 12.7. The second-order valence-electron chi connectivity index (χ2n) is 7.43. The molecule has 0 atom stereocenters. The van der Waals surface area contributed by atoms with Gasteiger partial charge in [-0.15, -0.1) is 0 Å². The van der Waals surface area contributed by atoms with Gasteiger partial charge < -0.3 is 14.6 Å². The van der Waals surface area contributed by atoms with Crippen molar-refractivity contribution in [2.24, 2.45) is 0 Å². The van der Waals surface area contributed by atoms with Crippen LogP contribution in [0.4, 0.5) is 0 Å². The lowest BCUT2D eigenvalue weighted by Gasteiger charge is -2.38. The maximum absolute atomic E-state index is 12.7. The fourth-order valence-electron chi connectivity index (χ4n) is 3.79. The molecule has 1 aliphatic heterocycles. The first-order valence-electron chi connectivity index (χ1n) is 9.38. The standard InChI is InChI=1S/C20H23N5O3/c1-15-16-4-2-3-5-17(16)19(27)25(22-15)12-18(26)24-9-6-20(28,7-10-24)13-23-11-8-21-14-23/h2-5,8,11,14,28H,6-7,9-10,12-13H2,1H3. The van der Waals surface area contributed by atoms with Crippen molar-refractivity contribution in [2.75, 3.05) is 13.1 Å². The molecule has 0 bridgehead atoms. The molecular formula is C20H23N5O3. The van der Waals surface area contributed by atoms with Crippen molar-refractivity contribution >= 4 is 16.7 Å². The van der Waals surface area contributed by atoms with E-state index in [1.165, 1.54) is 4.68 Å². The smallest absolute Gasteiger partial charge is 0.275 e. The summed E-state index contributed by atoms with van der Waals surface area (Å²) < 4.78 is 3.09. The van der Waals surface area contributed by atoms with Crippen molar-refractivity contribution in [3.05, 3.63) is 59.0 Å². The highest BCUT2D eigenvalue weighted by Gasteiger charge is 2.34. The summed E-state index contributed by atoms with van der Waals surface area (Å²) >= 11 is 0. The zero-order chi connectivity index (χ0) is 19.7. The molecule has 0 saturated carbocycles. The summed E-state index contributed by atoms with van der Waals surface area (Å²) in [4.78, 5) is 31.1. The van der Waals surface area contributed by atoms with Crippen LogP contribution in [0, 0.1) is 6.92 Å². The average molecular weight is 381 g/mol. The number of carbonyl (C=O) groups is 1. The summed E-state index contributed by atoms with van der Waals surface area (Å²) in [6.45, 7) is 3.10. The molecule has 0 aliphatic carbocycles. The number of aryl methyl sites for hydroxylation is 1. The monoisotopic (exact) mass is 381 g/mol. The molecule has 0 unspecified atom stereocenters. The number of piperidine rings is 1. The summed E-state index contributed by atoms with van der Waals surface area (Å²) in [6, 6.07) is 7.28. The Hall–Kier alpha value is -3.00. The van der Waals surface area contributed by atoms with Gasteiger partial charge in [-0.25, -0.2) is 9.67 Å². The third-order valence-electron chi connectivity index (χ3n) is 5.42. The highest BCUT2D eigenvalue weighted by Crippen LogP contribution is 2.24. The van der Waals surface area contributed by atoms with Gasteiger partial charge >= 0.3 is 0 Å². The first-order valence-corrected chi connectivity index (χ1v) is 9.38. The lowest BCUT2D eigenvalue weighted by molar-refractivity contribution is -0.136. The molecule has 28 heavy (non-hydrogen) atoms. The van der Waals surface area contributed by atoms with Crippen LogP contribution in [0.25, 0.3) is 10.8 Å². The number of hydrogen-bond donors (Lipinski definition) is 1. The average Bonchev–Trinajstić information content (AvgIpc) is 3.19. The number of carbonyl (C=O) groups excluding carboxylic acids is 1. The van der Waals surface area contributed by atoms with Crippen LogP contribution < -0.4 is 5.56 Å². The lowest BCUT2D eigenvalue weighted by atomic mass is 9.91. The third kappa shape index (κ3) is 3.55. The van der Waals surface area contributed by atoms with Crippen molar-refractivity contribution in [3.63, 3.8) is 0 Å². The normalized spacial score (nSPS) is 16.4. The number of amides is 1. The number of nitrogens with zero attached hydrogens (tertiary/aromatic N) is 5. The quantitative estimate of drug-likeness (QED) is 0.726. The van der Waals surface area contributed by atoms with E-state index in [0.717, 1.165) is 11.1 Å². The minimum atomic E-state index is -0.855. The van der Waals surface area contributed by atoms with Crippen molar-refractivity contribution in [1.29, 1.82) is 0 Å². The van der Waals surface area contributed by atoms with Crippen LogP contribution in [-0.2, 0) is 17.9 Å². The van der Waals surface area contributed by atoms with Gasteiger partial charge in [0.15, 0.2) is 0 Å². The highest BCUT2D eigenvalue weighted by atomic mass is 16.3. The van der Waals surface area contributed by atoms with E-state index >= 15 is 0 Å². The van der Waals surface area contributed by atoms with Gasteiger partial charge in [-0.2, -0.15) is 5.10 Å². The second kappa shape index (κ2) is 7.20. The summed E-state index contributed by atoms with van der Waals surface area (Å²) in [7, 11) is 0. The molecule has 1 aromatic carbocycles. The van der Waals surface area contributed by atoms with E-state index in [1.807, 2.05) is 29.8 Å². The van der Waals surface area contributed by atoms with E-state index in [2.05, 4.69) is 10.1 Å². The molecule has 1 N–H and O–H groups in total. The maximum Gasteiger partial charge on any atom is 0.275 e. The Morgan fingerprint density at radius 3 is 2.61 bits per heavy atom. The third-order valence-corrected chi connectivity index (χ3v) is 5.42. The molecule has 2 aromatic heterocycles. The number of aliphatic hydroxyl groups is 1. The van der Waals surface area contributed by atoms with Gasteiger partial charge in [0.25, 0.3) is 5.56 Å². The van der Waals surface area contributed by atoms with Gasteiger partial charge in [-0.1, -0.05) is 18.2 Å². The van der Waals surface area contributed by atoms with E-state index in [-0.39, 0.29) is 18.0 Å². The van der Waals surface area contributed by atoms with Crippen molar-refractivity contribution in [3.8, 4) is 0 Å². The molecule has 0 spiro atoms. The van der Waals surface area contributed by atoms with E-state index in [4.69, 9.17) is 0 Å². The second-order valence-corrected chi connectivity index (χ2v) is 7.43. The SMILES string of the molecule is Cc1nn(CC(=O)N2CCC(O)(Cn3ccnc3)CC2)c(=O)c2ccccc12. The summed E-state index contributed by atoms with van der Waals surface area (Å²) in [6.07, 6.45) is 6.13. The number of fused-ring (bicyclic) bond motifs is 1. The Morgan fingerprint density at radius 1 is 1.21 bits per heavy atom. The van der Waals surface area contributed by atoms with Crippen molar-refractivity contribution < 1.29 is 9.90 Å². The Kier molecular flexibility index (Phi) is 4.72. The highest BCUT2D eigenvalue weighted by molar-refractivity contribution is 5.83. The minimum absolute atomic E-state index is 0.0928. The largest absolute Gasteiger partial charge is 0.388 e. The fourth-order valence-corrected chi connectivity index (χ4v) is 3.79. The molecule has 8 nitrogen and oxygen atoms in total. The Balaban J connectivity index is 1.45. The Morgan fingerprint density at radius 2 is 1.93 bits per heavy atom. The Bertz CT molecular complexity index is 1050. The predicted molar refractivity (Wildman–Crippen MR) is 104 cm³/mol. The van der Waals surface area contributed by atoms with Crippen LogP contribution in [0.5, 0.6) is 0 Å². The van der Waals surface area contributed by atoms with Crippen LogP contribution in [0.3, 0.4) is 0 Å². The number of rotatable bonds is 4. The van der Waals surface area contributed by atoms with Crippen LogP contribution in [0.2, 0.25) is 0 Å². The zero-order valence-corrected chi connectivity index (χ0v) is 15.8. The van der Waals surface area contributed by atoms with Gasteiger partial charge in [-0.05, 0) is 25.8 Å². The summed E-state index contributed by atoms with van der Waals surface area (Å²) in [5.74, 6) is -0.158. The number of benzene rings is 1. The van der Waals surface area contributed by atoms with Crippen molar-refractivity contribution in [1.82, 2.24) is 24.2 Å². The Labute approximate surface area is 162 Å². The first kappa shape index (κ1) is 18.4. The fraction of sp³-hybridized carbons (Fsp3) is 0.400. The van der Waals surface area contributed by atoms with Gasteiger partial charge in [-0.3, -0.25) is 9.59 Å². The number of imidazole rings is 1. The van der Waals surface area contributed by atoms with Gasteiger partial charge in [0.2, 0.25) is 5.91 Å². The van der Waals surface area contributed by atoms with Crippen molar-refractivity contribution in [2.45, 2.75) is 38.5 Å². The zero-order valence-electron chi connectivity index (χ0n) is 15.8. The molecule has 1 fully saturated rings. The summed E-state index contributed by atoms with van der Waals surface area (Å²) in [5, 5.41) is 16.5. The van der Waals surface area contributed by atoms with Gasteiger partial charge in [0, 0.05) is 30.9 Å². The first-order chi connectivity index (χ1) is 13.5. The number of aromatic nitrogens is 4. The molecule has 0 radical (unpaired) electrons. The molecule has 146 valence electrons. The minimum Gasteiger partial charge on any atom is -0.388 e. The number of likely N-dealkylation sites (tertiary alicyclic amines) is 1.